The van der Waals surface area contributed by atoms with Gasteiger partial charge in [-0.05, 0) is 31.1 Å². The molecule has 2 rings (SSSR count). The number of aliphatic hydroxyl groups excluding tert-OH is 1. The van der Waals surface area contributed by atoms with Crippen LogP contribution in [0.4, 0.5) is 0 Å². The topological polar surface area (TPSA) is 29.5 Å². The van der Waals surface area contributed by atoms with Crippen molar-refractivity contribution in [1.29, 1.82) is 0 Å². The van der Waals surface area contributed by atoms with Crippen molar-refractivity contribution in [2.45, 2.75) is 71.7 Å². The van der Waals surface area contributed by atoms with E-state index >= 15 is 0 Å². The van der Waals surface area contributed by atoms with Crippen LogP contribution in [0.2, 0.25) is 0 Å². The van der Waals surface area contributed by atoms with E-state index in [0.29, 0.717) is 6.10 Å². The molecule has 0 bridgehead atoms. The first kappa shape index (κ1) is 12.4. The van der Waals surface area contributed by atoms with Gasteiger partial charge in [-0.2, -0.15) is 0 Å². The molecule has 2 aliphatic carbocycles. The molecule has 0 aromatic rings. The monoisotopic (exact) mass is 226 g/mol. The van der Waals surface area contributed by atoms with Crippen LogP contribution in [0.25, 0.3) is 0 Å². The van der Waals surface area contributed by atoms with Gasteiger partial charge in [0, 0.05) is 11.8 Å². The van der Waals surface area contributed by atoms with Crippen LogP contribution in [0, 0.1) is 17.3 Å². The third-order valence-electron chi connectivity index (χ3n) is 4.62. The summed E-state index contributed by atoms with van der Waals surface area (Å²) in [5.41, 5.74) is -0.0378. The second kappa shape index (κ2) is 4.30. The van der Waals surface area contributed by atoms with E-state index in [1.54, 1.807) is 0 Å². The largest absolute Gasteiger partial charge is 0.392 e. The Bertz CT molecular complexity index is 239. The summed E-state index contributed by atoms with van der Waals surface area (Å²) in [5.74, 6) is 1.59. The number of ether oxygens (including phenoxy) is 1. The highest BCUT2D eigenvalue weighted by Crippen LogP contribution is 2.44. The Morgan fingerprint density at radius 1 is 1.00 bits per heavy atom. The van der Waals surface area contributed by atoms with Crippen molar-refractivity contribution in [3.63, 3.8) is 0 Å². The Kier molecular flexibility index (Phi) is 3.33. The Hall–Kier alpha value is -0.0800. The van der Waals surface area contributed by atoms with Crippen molar-refractivity contribution in [3.8, 4) is 0 Å². The predicted molar refractivity (Wildman–Crippen MR) is 65.2 cm³/mol. The van der Waals surface area contributed by atoms with Crippen LogP contribution >= 0.6 is 0 Å². The molecule has 4 atom stereocenters. The highest BCUT2D eigenvalue weighted by atomic mass is 16.5. The van der Waals surface area contributed by atoms with Gasteiger partial charge >= 0.3 is 0 Å². The highest BCUT2D eigenvalue weighted by molar-refractivity contribution is 4.98. The summed E-state index contributed by atoms with van der Waals surface area (Å²) in [6.07, 6.45) is 5.10. The lowest BCUT2D eigenvalue weighted by molar-refractivity contribution is -0.202. The summed E-state index contributed by atoms with van der Waals surface area (Å²) in [7, 11) is 0. The van der Waals surface area contributed by atoms with Crippen molar-refractivity contribution < 1.29 is 9.84 Å². The summed E-state index contributed by atoms with van der Waals surface area (Å²) in [6.45, 7) is 8.88. The molecule has 4 unspecified atom stereocenters. The fourth-order valence-corrected chi connectivity index (χ4v) is 3.31. The quantitative estimate of drug-likeness (QED) is 0.784. The Morgan fingerprint density at radius 3 is 2.00 bits per heavy atom. The van der Waals surface area contributed by atoms with E-state index in [1.807, 2.05) is 0 Å². The zero-order chi connectivity index (χ0) is 11.9. The smallest absolute Gasteiger partial charge is 0.0679 e. The second-order valence-corrected chi connectivity index (χ2v) is 6.74. The highest BCUT2D eigenvalue weighted by Gasteiger charge is 2.49. The standard InChI is InChI=1S/C14H26O2/c1-9-5-10(2)7-11(6-9)16-13-8-12(15)14(13,3)4/h9-13,15H,5-8H2,1-4H3. The summed E-state index contributed by atoms with van der Waals surface area (Å²) in [6, 6.07) is 0. The van der Waals surface area contributed by atoms with E-state index < -0.39 is 0 Å². The molecule has 0 radical (unpaired) electrons. The van der Waals surface area contributed by atoms with Crippen molar-refractivity contribution in [3.05, 3.63) is 0 Å². The van der Waals surface area contributed by atoms with Gasteiger partial charge in [0.05, 0.1) is 18.3 Å². The fourth-order valence-electron chi connectivity index (χ4n) is 3.31. The molecule has 16 heavy (non-hydrogen) atoms. The van der Waals surface area contributed by atoms with Gasteiger partial charge in [0.2, 0.25) is 0 Å². The maximum atomic E-state index is 9.70. The van der Waals surface area contributed by atoms with Crippen LogP contribution in [0.15, 0.2) is 0 Å². The zero-order valence-electron chi connectivity index (χ0n) is 11.1. The van der Waals surface area contributed by atoms with Gasteiger partial charge in [-0.25, -0.2) is 0 Å². The molecule has 0 amide bonds. The molecule has 2 heteroatoms. The maximum absolute atomic E-state index is 9.70. The number of hydrogen-bond donors (Lipinski definition) is 1. The number of hydrogen-bond acceptors (Lipinski definition) is 2. The maximum Gasteiger partial charge on any atom is 0.0679 e. The van der Waals surface area contributed by atoms with Crippen LogP contribution in [0.1, 0.15) is 53.4 Å². The Balaban J connectivity index is 1.86. The van der Waals surface area contributed by atoms with Gasteiger partial charge in [-0.1, -0.05) is 27.7 Å². The summed E-state index contributed by atoms with van der Waals surface area (Å²) in [5, 5.41) is 9.70. The van der Waals surface area contributed by atoms with Gasteiger partial charge in [-0.3, -0.25) is 0 Å². The minimum atomic E-state index is -0.170. The number of aliphatic hydroxyl groups is 1. The molecule has 2 aliphatic rings. The molecule has 0 aliphatic heterocycles. The van der Waals surface area contributed by atoms with Crippen molar-refractivity contribution >= 4 is 0 Å². The van der Waals surface area contributed by atoms with E-state index in [4.69, 9.17) is 4.74 Å². The van der Waals surface area contributed by atoms with Crippen LogP contribution in [0.3, 0.4) is 0 Å². The first-order chi connectivity index (χ1) is 7.39. The van der Waals surface area contributed by atoms with E-state index in [1.165, 1.54) is 19.3 Å². The Morgan fingerprint density at radius 2 is 1.56 bits per heavy atom. The molecular weight excluding hydrogens is 200 g/mol. The lowest BCUT2D eigenvalue weighted by Gasteiger charge is -2.50. The molecular formula is C14H26O2. The Labute approximate surface area is 99.4 Å². The number of rotatable bonds is 2. The fraction of sp³-hybridized carbons (Fsp3) is 1.00. The lowest BCUT2D eigenvalue weighted by Crippen LogP contribution is -2.55. The van der Waals surface area contributed by atoms with E-state index in [2.05, 4.69) is 27.7 Å². The summed E-state index contributed by atoms with van der Waals surface area (Å²) >= 11 is 0. The summed E-state index contributed by atoms with van der Waals surface area (Å²) in [4.78, 5) is 0. The molecule has 0 saturated heterocycles. The molecule has 1 N–H and O–H groups in total. The SMILES string of the molecule is CC1CC(C)CC(OC2CC(O)C2(C)C)C1. The first-order valence-electron chi connectivity index (χ1n) is 6.73. The normalized spacial score (nSPS) is 47.4. The van der Waals surface area contributed by atoms with Crippen molar-refractivity contribution in [2.75, 3.05) is 0 Å². The third kappa shape index (κ3) is 2.28. The average molecular weight is 226 g/mol. The molecule has 94 valence electrons. The third-order valence-corrected chi connectivity index (χ3v) is 4.62. The molecule has 0 aromatic carbocycles. The van der Waals surface area contributed by atoms with Crippen molar-refractivity contribution in [2.24, 2.45) is 17.3 Å². The van der Waals surface area contributed by atoms with Crippen molar-refractivity contribution in [1.82, 2.24) is 0 Å². The average Bonchev–Trinajstić information content (AvgIpc) is 2.15. The molecule has 0 aromatic heterocycles. The zero-order valence-corrected chi connectivity index (χ0v) is 11.1. The van der Waals surface area contributed by atoms with Gasteiger partial charge in [0.1, 0.15) is 0 Å². The van der Waals surface area contributed by atoms with E-state index in [0.717, 1.165) is 18.3 Å². The molecule has 2 saturated carbocycles. The summed E-state index contributed by atoms with van der Waals surface area (Å²) < 4.78 is 6.19. The van der Waals surface area contributed by atoms with E-state index in [9.17, 15) is 5.11 Å². The molecule has 2 fully saturated rings. The van der Waals surface area contributed by atoms with Crippen LogP contribution in [-0.2, 0) is 4.74 Å². The van der Waals surface area contributed by atoms with Gasteiger partial charge in [0.15, 0.2) is 0 Å². The predicted octanol–water partition coefficient (Wildman–Crippen LogP) is 2.99. The van der Waals surface area contributed by atoms with Crippen LogP contribution in [0.5, 0.6) is 0 Å². The van der Waals surface area contributed by atoms with E-state index in [-0.39, 0.29) is 17.6 Å². The lowest BCUT2D eigenvalue weighted by atomic mass is 9.66. The van der Waals surface area contributed by atoms with Crippen LogP contribution in [-0.4, -0.2) is 23.4 Å². The molecule has 0 spiro atoms. The first-order valence-corrected chi connectivity index (χ1v) is 6.73. The minimum Gasteiger partial charge on any atom is -0.392 e. The van der Waals surface area contributed by atoms with Gasteiger partial charge in [-0.15, -0.1) is 0 Å². The van der Waals surface area contributed by atoms with Gasteiger partial charge < -0.3 is 9.84 Å². The molecule has 2 nitrogen and oxygen atoms in total. The molecule has 0 heterocycles. The van der Waals surface area contributed by atoms with Gasteiger partial charge in [0.25, 0.3) is 0 Å². The minimum absolute atomic E-state index is 0.0378. The second-order valence-electron chi connectivity index (χ2n) is 6.74. The van der Waals surface area contributed by atoms with Crippen LogP contribution < -0.4 is 0 Å².